The Morgan fingerprint density at radius 3 is 2.34 bits per heavy atom. The molecular formula is C24H16BrClN2O4. The van der Waals surface area contributed by atoms with Crippen molar-refractivity contribution in [1.29, 1.82) is 0 Å². The Hall–Kier alpha value is -3.42. The molecular weight excluding hydrogens is 496 g/mol. The fraction of sp³-hybridized carbons (Fsp3) is 0.0417. The average Bonchev–Trinajstić information content (AvgIpc) is 2.78. The number of barbiturate groups is 1. The summed E-state index contributed by atoms with van der Waals surface area (Å²) in [6, 6.07) is 20.1. The first-order valence-corrected chi connectivity index (χ1v) is 10.7. The average molecular weight is 512 g/mol. The fourth-order valence-electron chi connectivity index (χ4n) is 3.11. The van der Waals surface area contributed by atoms with Gasteiger partial charge in [0.15, 0.2) is 0 Å². The van der Waals surface area contributed by atoms with Crippen LogP contribution in [0.2, 0.25) is 5.02 Å². The number of carbonyl (C=O) groups excluding carboxylic acids is 3. The van der Waals surface area contributed by atoms with E-state index in [-0.39, 0.29) is 12.2 Å². The van der Waals surface area contributed by atoms with Crippen molar-refractivity contribution in [3.05, 3.63) is 99.0 Å². The first-order valence-electron chi connectivity index (χ1n) is 9.55. The molecule has 0 radical (unpaired) electrons. The molecule has 1 N–H and O–H groups in total. The molecule has 0 aliphatic carbocycles. The summed E-state index contributed by atoms with van der Waals surface area (Å²) >= 11 is 9.23. The third-order valence-corrected chi connectivity index (χ3v) is 5.49. The van der Waals surface area contributed by atoms with Crippen LogP contribution >= 0.6 is 27.5 Å². The lowest BCUT2D eigenvalue weighted by Crippen LogP contribution is -2.54. The van der Waals surface area contributed by atoms with Crippen LogP contribution in [0.5, 0.6) is 5.75 Å². The maximum absolute atomic E-state index is 13.1. The second-order valence-electron chi connectivity index (χ2n) is 6.89. The number of hydrogen-bond acceptors (Lipinski definition) is 4. The molecule has 4 amide bonds. The summed E-state index contributed by atoms with van der Waals surface area (Å²) in [5.41, 5.74) is 1.62. The molecule has 3 aromatic carbocycles. The van der Waals surface area contributed by atoms with Crippen molar-refractivity contribution in [3.8, 4) is 5.75 Å². The van der Waals surface area contributed by atoms with Gasteiger partial charge in [-0.1, -0.05) is 57.9 Å². The van der Waals surface area contributed by atoms with E-state index in [1.54, 1.807) is 60.7 Å². The van der Waals surface area contributed by atoms with Crippen molar-refractivity contribution in [1.82, 2.24) is 5.32 Å². The van der Waals surface area contributed by atoms with Gasteiger partial charge in [-0.05, 0) is 54.1 Å². The Morgan fingerprint density at radius 1 is 0.938 bits per heavy atom. The van der Waals surface area contributed by atoms with Crippen LogP contribution < -0.4 is 15.0 Å². The van der Waals surface area contributed by atoms with E-state index in [1.165, 1.54) is 6.08 Å². The minimum absolute atomic E-state index is 0.171. The highest BCUT2D eigenvalue weighted by molar-refractivity contribution is 9.10. The van der Waals surface area contributed by atoms with Gasteiger partial charge >= 0.3 is 6.03 Å². The molecule has 1 aliphatic heterocycles. The third kappa shape index (κ3) is 4.74. The highest BCUT2D eigenvalue weighted by Crippen LogP contribution is 2.27. The molecule has 0 unspecified atom stereocenters. The standard InChI is InChI=1S/C24H16BrClN2O4/c25-17-7-11-19(12-8-17)28-23(30)20(22(29)27-24(28)31)13-16-3-1-2-4-21(16)32-14-15-5-9-18(26)10-6-15/h1-13H,14H2,(H,27,29,31)/b20-13+. The van der Waals surface area contributed by atoms with Gasteiger partial charge in [-0.15, -0.1) is 0 Å². The van der Waals surface area contributed by atoms with E-state index in [4.69, 9.17) is 16.3 Å². The maximum Gasteiger partial charge on any atom is 0.335 e. The smallest absolute Gasteiger partial charge is 0.335 e. The molecule has 0 bridgehead atoms. The van der Waals surface area contributed by atoms with Crippen molar-refractivity contribution in [3.63, 3.8) is 0 Å². The van der Waals surface area contributed by atoms with Gasteiger partial charge in [-0.2, -0.15) is 0 Å². The predicted molar refractivity (Wildman–Crippen MR) is 125 cm³/mol. The Bertz CT molecular complexity index is 1220. The van der Waals surface area contributed by atoms with Crippen LogP contribution in [-0.4, -0.2) is 17.8 Å². The number of para-hydroxylation sites is 1. The van der Waals surface area contributed by atoms with E-state index in [1.807, 2.05) is 12.1 Å². The molecule has 0 aromatic heterocycles. The zero-order valence-electron chi connectivity index (χ0n) is 16.5. The van der Waals surface area contributed by atoms with E-state index in [9.17, 15) is 14.4 Å². The van der Waals surface area contributed by atoms with Crippen LogP contribution in [0.4, 0.5) is 10.5 Å². The van der Waals surface area contributed by atoms with Crippen molar-refractivity contribution in [2.75, 3.05) is 4.90 Å². The number of rotatable bonds is 5. The molecule has 6 nitrogen and oxygen atoms in total. The molecule has 8 heteroatoms. The normalized spacial score (nSPS) is 15.1. The van der Waals surface area contributed by atoms with Crippen LogP contribution in [0.1, 0.15) is 11.1 Å². The van der Waals surface area contributed by atoms with Gasteiger partial charge in [-0.25, -0.2) is 9.69 Å². The molecule has 3 aromatic rings. The molecule has 0 atom stereocenters. The summed E-state index contributed by atoms with van der Waals surface area (Å²) in [6.45, 7) is 0.279. The van der Waals surface area contributed by atoms with Gasteiger partial charge in [-0.3, -0.25) is 14.9 Å². The second-order valence-corrected chi connectivity index (χ2v) is 8.24. The minimum atomic E-state index is -0.799. The minimum Gasteiger partial charge on any atom is -0.488 e. The quantitative estimate of drug-likeness (QED) is 0.370. The number of urea groups is 1. The SMILES string of the molecule is O=C1NC(=O)N(c2ccc(Br)cc2)C(=O)/C1=C/c1ccccc1OCc1ccc(Cl)cc1. The number of carbonyl (C=O) groups is 3. The summed E-state index contributed by atoms with van der Waals surface area (Å²) in [6.07, 6.45) is 1.42. The lowest BCUT2D eigenvalue weighted by Gasteiger charge is -2.26. The van der Waals surface area contributed by atoms with Gasteiger partial charge in [0.25, 0.3) is 11.8 Å². The Balaban J connectivity index is 1.62. The molecule has 0 spiro atoms. The number of anilines is 1. The molecule has 1 fully saturated rings. The molecule has 1 heterocycles. The van der Waals surface area contributed by atoms with Crippen LogP contribution in [0.3, 0.4) is 0 Å². The topological polar surface area (TPSA) is 75.7 Å². The number of nitrogens with zero attached hydrogens (tertiary/aromatic N) is 1. The first-order chi connectivity index (χ1) is 15.4. The maximum atomic E-state index is 13.1. The second kappa shape index (κ2) is 9.38. The number of amides is 4. The highest BCUT2D eigenvalue weighted by Gasteiger charge is 2.36. The van der Waals surface area contributed by atoms with Gasteiger partial charge in [0.1, 0.15) is 17.9 Å². The lowest BCUT2D eigenvalue weighted by atomic mass is 10.1. The van der Waals surface area contributed by atoms with Gasteiger partial charge in [0, 0.05) is 15.1 Å². The Kier molecular flexibility index (Phi) is 6.39. The molecule has 1 saturated heterocycles. The fourth-order valence-corrected chi connectivity index (χ4v) is 3.50. The van der Waals surface area contributed by atoms with E-state index in [0.717, 1.165) is 14.9 Å². The molecule has 0 saturated carbocycles. The molecule has 4 rings (SSSR count). The monoisotopic (exact) mass is 510 g/mol. The van der Waals surface area contributed by atoms with Crippen LogP contribution in [0.15, 0.2) is 82.8 Å². The number of ether oxygens (including phenoxy) is 1. The van der Waals surface area contributed by atoms with Crippen LogP contribution in [0, 0.1) is 0 Å². The highest BCUT2D eigenvalue weighted by atomic mass is 79.9. The van der Waals surface area contributed by atoms with Gasteiger partial charge in [0.2, 0.25) is 0 Å². The lowest BCUT2D eigenvalue weighted by molar-refractivity contribution is -0.122. The predicted octanol–water partition coefficient (Wildman–Crippen LogP) is 5.35. The van der Waals surface area contributed by atoms with E-state index in [2.05, 4.69) is 21.2 Å². The zero-order valence-corrected chi connectivity index (χ0v) is 18.9. The largest absolute Gasteiger partial charge is 0.488 e. The number of nitrogens with one attached hydrogen (secondary N) is 1. The Labute approximate surface area is 197 Å². The molecule has 1 aliphatic rings. The molecule has 32 heavy (non-hydrogen) atoms. The van der Waals surface area contributed by atoms with Crippen molar-refractivity contribution in [2.45, 2.75) is 6.61 Å². The van der Waals surface area contributed by atoms with Gasteiger partial charge in [0.05, 0.1) is 5.69 Å². The molecule has 160 valence electrons. The third-order valence-electron chi connectivity index (χ3n) is 4.71. The summed E-state index contributed by atoms with van der Waals surface area (Å²) in [5.74, 6) is -0.989. The van der Waals surface area contributed by atoms with Crippen LogP contribution in [-0.2, 0) is 16.2 Å². The van der Waals surface area contributed by atoms with Gasteiger partial charge < -0.3 is 4.74 Å². The van der Waals surface area contributed by atoms with E-state index in [0.29, 0.717) is 22.0 Å². The zero-order chi connectivity index (χ0) is 22.7. The van der Waals surface area contributed by atoms with E-state index >= 15 is 0 Å². The van der Waals surface area contributed by atoms with Crippen molar-refractivity contribution < 1.29 is 19.1 Å². The number of benzene rings is 3. The Morgan fingerprint density at radius 2 is 1.62 bits per heavy atom. The number of imide groups is 2. The summed E-state index contributed by atoms with van der Waals surface area (Å²) in [5, 5.41) is 2.85. The van der Waals surface area contributed by atoms with Crippen molar-refractivity contribution >= 4 is 57.1 Å². The van der Waals surface area contributed by atoms with Crippen molar-refractivity contribution in [2.24, 2.45) is 0 Å². The summed E-state index contributed by atoms with van der Waals surface area (Å²) in [7, 11) is 0. The van der Waals surface area contributed by atoms with Crippen LogP contribution in [0.25, 0.3) is 6.08 Å². The number of halogens is 2. The first kappa shape index (κ1) is 21.8. The number of hydrogen-bond donors (Lipinski definition) is 1. The summed E-state index contributed by atoms with van der Waals surface area (Å²) < 4.78 is 6.70. The van der Waals surface area contributed by atoms with E-state index < -0.39 is 17.8 Å². The summed E-state index contributed by atoms with van der Waals surface area (Å²) in [4.78, 5) is 38.8.